The number of halogens is 1. The van der Waals surface area contributed by atoms with Crippen molar-refractivity contribution in [2.45, 2.75) is 47.0 Å². The zero-order valence-electron chi connectivity index (χ0n) is 30.1. The molecule has 268 valence electrons. The van der Waals surface area contributed by atoms with E-state index in [4.69, 9.17) is 0 Å². The van der Waals surface area contributed by atoms with E-state index in [2.05, 4.69) is 54.3 Å². The number of hydrogen-bond donors (Lipinski definition) is 2. The Morgan fingerprint density at radius 2 is 1.78 bits per heavy atom. The Balaban J connectivity index is 1.23. The largest absolute Gasteiger partial charge is 0.368 e. The van der Waals surface area contributed by atoms with Crippen LogP contribution in [-0.2, 0) is 9.59 Å². The van der Waals surface area contributed by atoms with Gasteiger partial charge in [0.25, 0.3) is 0 Å². The molecule has 0 aliphatic carbocycles. The summed E-state index contributed by atoms with van der Waals surface area (Å²) in [6, 6.07) is 15.7. The number of aromatic nitrogens is 4. The third-order valence-electron chi connectivity index (χ3n) is 9.70. The van der Waals surface area contributed by atoms with E-state index in [9.17, 15) is 14.0 Å². The SMILES string of the molecule is C\C=C/C(=C\C=C\F)c1n[nH]c2ccc(NC(=O)C(CC)(CCC)CN(CC)CC(=O)N3CCN(c4ccc(-c5ncccn5)cc4)CC3)cc12. The summed E-state index contributed by atoms with van der Waals surface area (Å²) in [5, 5.41) is 11.5. The number of hydrogen-bond acceptors (Lipinski definition) is 7. The lowest BCUT2D eigenvalue weighted by Gasteiger charge is -2.39. The molecule has 0 saturated carbocycles. The van der Waals surface area contributed by atoms with Gasteiger partial charge in [0.05, 0.1) is 29.5 Å². The number of nitrogens with zero attached hydrogens (tertiary/aromatic N) is 6. The Morgan fingerprint density at radius 1 is 1.04 bits per heavy atom. The Labute approximate surface area is 300 Å². The maximum atomic E-state index is 14.2. The van der Waals surface area contributed by atoms with E-state index in [1.165, 1.54) is 6.08 Å². The number of anilines is 2. The summed E-state index contributed by atoms with van der Waals surface area (Å²) in [5.74, 6) is 0.718. The number of aromatic amines is 1. The van der Waals surface area contributed by atoms with E-state index < -0.39 is 5.41 Å². The topological polar surface area (TPSA) is 110 Å². The lowest BCUT2D eigenvalue weighted by molar-refractivity contribution is -0.135. The van der Waals surface area contributed by atoms with Crippen molar-refractivity contribution in [2.75, 3.05) is 56.0 Å². The van der Waals surface area contributed by atoms with Crippen molar-refractivity contribution in [3.05, 3.63) is 97.3 Å². The average molecular weight is 693 g/mol. The van der Waals surface area contributed by atoms with Gasteiger partial charge in [-0.05, 0) is 80.9 Å². The first-order chi connectivity index (χ1) is 24.8. The second-order valence-electron chi connectivity index (χ2n) is 12.9. The minimum atomic E-state index is -0.684. The Morgan fingerprint density at radius 3 is 2.43 bits per heavy atom. The van der Waals surface area contributed by atoms with Crippen LogP contribution in [0.4, 0.5) is 15.8 Å². The van der Waals surface area contributed by atoms with E-state index in [-0.39, 0.29) is 18.4 Å². The number of piperazine rings is 1. The second-order valence-corrected chi connectivity index (χ2v) is 12.9. The van der Waals surface area contributed by atoms with E-state index in [1.807, 2.05) is 68.2 Å². The number of carbonyl (C=O) groups excluding carboxylic acids is 2. The quantitative estimate of drug-likeness (QED) is 0.126. The molecule has 0 spiro atoms. The highest BCUT2D eigenvalue weighted by atomic mass is 19.1. The number of carbonyl (C=O) groups is 2. The highest BCUT2D eigenvalue weighted by Crippen LogP contribution is 2.33. The van der Waals surface area contributed by atoms with E-state index in [0.29, 0.717) is 62.6 Å². The van der Waals surface area contributed by atoms with Crippen LogP contribution in [0.5, 0.6) is 0 Å². The van der Waals surface area contributed by atoms with Crippen LogP contribution in [0.25, 0.3) is 27.9 Å². The lowest BCUT2D eigenvalue weighted by Crippen LogP contribution is -2.53. The van der Waals surface area contributed by atoms with E-state index in [1.54, 1.807) is 24.5 Å². The van der Waals surface area contributed by atoms with Gasteiger partial charge in [-0.25, -0.2) is 14.4 Å². The van der Waals surface area contributed by atoms with Gasteiger partial charge < -0.3 is 15.1 Å². The van der Waals surface area contributed by atoms with Crippen LogP contribution in [0, 0.1) is 5.41 Å². The van der Waals surface area contributed by atoms with Gasteiger partial charge in [-0.15, -0.1) is 0 Å². The van der Waals surface area contributed by atoms with Gasteiger partial charge in [-0.1, -0.05) is 45.4 Å². The Kier molecular flexibility index (Phi) is 12.9. The summed E-state index contributed by atoms with van der Waals surface area (Å²) >= 11 is 0. The average Bonchev–Trinajstić information content (AvgIpc) is 3.59. The van der Waals surface area contributed by atoms with Crippen LogP contribution in [-0.4, -0.2) is 87.6 Å². The van der Waals surface area contributed by atoms with Crippen molar-refractivity contribution in [3.63, 3.8) is 0 Å². The maximum absolute atomic E-state index is 14.2. The highest BCUT2D eigenvalue weighted by molar-refractivity contribution is 6.00. The van der Waals surface area contributed by atoms with Crippen molar-refractivity contribution in [2.24, 2.45) is 5.41 Å². The molecule has 10 nitrogen and oxygen atoms in total. The number of likely N-dealkylation sites (N-methyl/N-ethyl adjacent to an activating group) is 1. The molecule has 3 heterocycles. The molecule has 4 aromatic rings. The summed E-state index contributed by atoms with van der Waals surface area (Å²) < 4.78 is 12.8. The fourth-order valence-electron chi connectivity index (χ4n) is 6.78. The molecule has 0 bridgehead atoms. The normalized spacial score (nSPS) is 15.3. The fourth-order valence-corrected chi connectivity index (χ4v) is 6.78. The molecular weight excluding hydrogens is 643 g/mol. The summed E-state index contributed by atoms with van der Waals surface area (Å²) in [4.78, 5) is 42.8. The molecule has 2 amide bonds. The predicted molar refractivity (Wildman–Crippen MR) is 204 cm³/mol. The molecule has 11 heteroatoms. The van der Waals surface area contributed by atoms with E-state index >= 15 is 0 Å². The van der Waals surface area contributed by atoms with Crippen molar-refractivity contribution in [3.8, 4) is 11.4 Å². The van der Waals surface area contributed by atoms with Crippen LogP contribution in [0.3, 0.4) is 0 Å². The number of benzene rings is 2. The smallest absolute Gasteiger partial charge is 0.236 e. The zero-order valence-corrected chi connectivity index (χ0v) is 30.1. The molecule has 1 unspecified atom stereocenters. The first-order valence-corrected chi connectivity index (χ1v) is 17.9. The van der Waals surface area contributed by atoms with Gasteiger partial charge in [0.1, 0.15) is 0 Å². The molecule has 5 rings (SSSR count). The third kappa shape index (κ3) is 8.96. The first-order valence-electron chi connectivity index (χ1n) is 17.9. The Hall–Kier alpha value is -5.16. The molecular formula is C40H49FN8O2. The molecule has 1 saturated heterocycles. The molecule has 1 atom stereocenters. The monoisotopic (exact) mass is 692 g/mol. The molecule has 1 fully saturated rings. The first kappa shape index (κ1) is 37.1. The minimum absolute atomic E-state index is 0.0646. The molecule has 51 heavy (non-hydrogen) atoms. The molecule has 1 aliphatic heterocycles. The zero-order chi connectivity index (χ0) is 36.2. The fraction of sp³-hybridized carbons (Fsp3) is 0.375. The summed E-state index contributed by atoms with van der Waals surface area (Å²) in [5.41, 5.74) is 4.28. The number of fused-ring (bicyclic) bond motifs is 1. The minimum Gasteiger partial charge on any atom is -0.368 e. The van der Waals surface area contributed by atoms with Crippen LogP contribution in [0.15, 0.2) is 91.6 Å². The van der Waals surface area contributed by atoms with Crippen molar-refractivity contribution in [1.29, 1.82) is 0 Å². The molecule has 1 aliphatic rings. The van der Waals surface area contributed by atoms with Crippen LogP contribution in [0.1, 0.15) is 52.7 Å². The van der Waals surface area contributed by atoms with Gasteiger partial charge in [0.15, 0.2) is 5.82 Å². The summed E-state index contributed by atoms with van der Waals surface area (Å²) in [6.07, 6.45) is 12.8. The van der Waals surface area contributed by atoms with Crippen LogP contribution < -0.4 is 10.2 Å². The lowest BCUT2D eigenvalue weighted by atomic mass is 9.79. The van der Waals surface area contributed by atoms with Gasteiger partial charge >= 0.3 is 0 Å². The summed E-state index contributed by atoms with van der Waals surface area (Å²) in [7, 11) is 0. The maximum Gasteiger partial charge on any atom is 0.236 e. The molecule has 2 aromatic carbocycles. The number of rotatable bonds is 15. The standard InChI is InChI=1S/C40H49FN8O2/c1-5-11-30(12-9-20-41)37-34-27-32(15-18-35(34)45-46-37)44-39(51)40(7-3,19-6-2)29-47(8-4)28-36(50)49-25-23-48(24-26-49)33-16-13-31(14-17-33)38-42-21-10-22-43-38/h5,9-18,20-22,27H,6-8,19,23-26,28-29H2,1-4H3,(H,44,51)(H,45,46)/b11-5-,20-9+,30-12+. The Bertz CT molecular complexity index is 1850. The van der Waals surface area contributed by atoms with Crippen molar-refractivity contribution < 1.29 is 14.0 Å². The summed E-state index contributed by atoms with van der Waals surface area (Å²) in [6.45, 7) is 12.2. The van der Waals surface area contributed by atoms with Gasteiger partial charge in [0, 0.05) is 73.0 Å². The number of H-pyrrole nitrogens is 1. The predicted octanol–water partition coefficient (Wildman–Crippen LogP) is 7.27. The van der Waals surface area contributed by atoms with Crippen LogP contribution >= 0.6 is 0 Å². The van der Waals surface area contributed by atoms with Gasteiger partial charge in [-0.3, -0.25) is 19.6 Å². The molecule has 2 N–H and O–H groups in total. The second kappa shape index (κ2) is 17.7. The highest BCUT2D eigenvalue weighted by Gasteiger charge is 2.38. The van der Waals surface area contributed by atoms with Crippen molar-refractivity contribution >= 4 is 39.7 Å². The van der Waals surface area contributed by atoms with Crippen molar-refractivity contribution in [1.82, 2.24) is 30.0 Å². The molecule has 2 aromatic heterocycles. The van der Waals surface area contributed by atoms with Crippen LogP contribution in [0.2, 0.25) is 0 Å². The number of nitrogens with one attached hydrogen (secondary N) is 2. The van der Waals surface area contributed by atoms with E-state index in [0.717, 1.165) is 47.2 Å². The third-order valence-corrected chi connectivity index (χ3v) is 9.70. The molecule has 0 radical (unpaired) electrons. The number of allylic oxidation sites excluding steroid dienone is 5. The van der Waals surface area contributed by atoms with Gasteiger partial charge in [-0.2, -0.15) is 5.10 Å². The van der Waals surface area contributed by atoms with Gasteiger partial charge in [0.2, 0.25) is 11.8 Å². The number of amides is 2.